The van der Waals surface area contributed by atoms with Crippen molar-refractivity contribution >= 4 is 21.2 Å². The summed E-state index contributed by atoms with van der Waals surface area (Å²) in [5.74, 6) is 0. The number of unbranched alkanes of at least 4 members (excludes halogenated alkanes) is 15. The van der Waals surface area contributed by atoms with Gasteiger partial charge in [0, 0.05) is 24.6 Å². The number of aromatic nitrogens is 1. The smallest absolute Gasteiger partial charge is 0.379 e. The van der Waals surface area contributed by atoms with Gasteiger partial charge in [0.2, 0.25) is 0 Å². The molecule has 6 nitrogen and oxygen atoms in total. The van der Waals surface area contributed by atoms with Crippen LogP contribution in [-0.4, -0.2) is 37.3 Å². The van der Waals surface area contributed by atoms with Crippen LogP contribution in [0.1, 0.15) is 115 Å². The first-order chi connectivity index (χ1) is 18.0. The summed E-state index contributed by atoms with van der Waals surface area (Å²) in [6.07, 6.45) is 22.2. The van der Waals surface area contributed by atoms with Crippen LogP contribution in [-0.2, 0) is 25.7 Å². The fraction of sp³-hybridized carbons (Fsp3) is 0.700. The van der Waals surface area contributed by atoms with Gasteiger partial charge in [-0.2, -0.15) is 8.42 Å². The van der Waals surface area contributed by atoms with Crippen molar-refractivity contribution in [1.82, 2.24) is 4.98 Å². The largest absolute Gasteiger partial charge is 0.397 e. The van der Waals surface area contributed by atoms with Gasteiger partial charge < -0.3 is 4.74 Å². The molecule has 1 atom stereocenters. The Morgan fingerprint density at radius 3 is 1.89 bits per heavy atom. The summed E-state index contributed by atoms with van der Waals surface area (Å²) in [7, 11) is -4.58. The maximum absolute atomic E-state index is 11.3. The lowest BCUT2D eigenvalue weighted by atomic mass is 10.0. The summed E-state index contributed by atoms with van der Waals surface area (Å²) in [6.45, 7) is 2.90. The Balaban J connectivity index is 1.51. The first-order valence-electron chi connectivity index (χ1n) is 14.6. The highest BCUT2D eigenvalue weighted by atomic mass is 32.3. The Morgan fingerprint density at radius 2 is 1.32 bits per heavy atom. The summed E-state index contributed by atoms with van der Waals surface area (Å²) < 4.78 is 42.5. The van der Waals surface area contributed by atoms with E-state index in [1.807, 2.05) is 30.3 Å². The average molecular weight is 536 g/mol. The molecule has 0 saturated heterocycles. The molecule has 0 fully saturated rings. The molecule has 7 heteroatoms. The molecule has 0 saturated carbocycles. The molecule has 0 radical (unpaired) electrons. The molecule has 1 aromatic carbocycles. The van der Waals surface area contributed by atoms with Crippen molar-refractivity contribution in [3.8, 4) is 0 Å². The average Bonchev–Trinajstić information content (AvgIpc) is 2.87. The van der Waals surface area contributed by atoms with Crippen molar-refractivity contribution in [3.63, 3.8) is 0 Å². The van der Waals surface area contributed by atoms with Gasteiger partial charge in [-0.15, -0.1) is 0 Å². The van der Waals surface area contributed by atoms with Crippen molar-refractivity contribution in [2.45, 2.75) is 122 Å². The third kappa shape index (κ3) is 15.5. The van der Waals surface area contributed by atoms with Crippen LogP contribution in [0.4, 0.5) is 0 Å². The van der Waals surface area contributed by atoms with Crippen LogP contribution in [0.2, 0.25) is 0 Å². The molecule has 0 aliphatic heterocycles. The third-order valence-corrected chi connectivity index (χ3v) is 7.40. The molecule has 37 heavy (non-hydrogen) atoms. The van der Waals surface area contributed by atoms with Gasteiger partial charge in [0.05, 0.1) is 12.3 Å². The number of hydrogen-bond donors (Lipinski definition) is 1. The molecule has 0 amide bonds. The Labute approximate surface area is 225 Å². The van der Waals surface area contributed by atoms with E-state index in [4.69, 9.17) is 8.92 Å². The minimum Gasteiger partial charge on any atom is -0.379 e. The van der Waals surface area contributed by atoms with Crippen LogP contribution in [0.3, 0.4) is 0 Å². The van der Waals surface area contributed by atoms with Crippen LogP contribution >= 0.6 is 0 Å². The second-order valence-corrected chi connectivity index (χ2v) is 11.3. The number of hydrogen-bond acceptors (Lipinski definition) is 5. The SMILES string of the molecule is CCCCCCCCCCCCCCCCCCOCC(Cc1nccc2ccccc12)OS(=O)(=O)O. The fourth-order valence-electron chi connectivity index (χ4n) is 4.82. The topological polar surface area (TPSA) is 85.7 Å². The van der Waals surface area contributed by atoms with E-state index in [0.29, 0.717) is 6.61 Å². The number of ether oxygens (including phenoxy) is 1. The zero-order valence-electron chi connectivity index (χ0n) is 22.9. The van der Waals surface area contributed by atoms with Crippen molar-refractivity contribution in [3.05, 3.63) is 42.2 Å². The van der Waals surface area contributed by atoms with Crippen molar-refractivity contribution in [2.24, 2.45) is 0 Å². The predicted octanol–water partition coefficient (Wildman–Crippen LogP) is 8.24. The first kappa shape index (κ1) is 31.7. The fourth-order valence-corrected chi connectivity index (χ4v) is 5.29. The highest BCUT2D eigenvalue weighted by Crippen LogP contribution is 2.19. The molecule has 0 bridgehead atoms. The molecular formula is C30H49NO5S. The van der Waals surface area contributed by atoms with Crippen LogP contribution in [0, 0.1) is 0 Å². The van der Waals surface area contributed by atoms with Crippen LogP contribution < -0.4 is 0 Å². The van der Waals surface area contributed by atoms with E-state index < -0.39 is 16.5 Å². The first-order valence-corrected chi connectivity index (χ1v) is 15.9. The zero-order valence-corrected chi connectivity index (χ0v) is 23.7. The third-order valence-electron chi connectivity index (χ3n) is 6.88. The molecular weight excluding hydrogens is 486 g/mol. The molecule has 1 N–H and O–H groups in total. The predicted molar refractivity (Wildman–Crippen MR) is 152 cm³/mol. The van der Waals surface area contributed by atoms with Gasteiger partial charge in [-0.05, 0) is 17.9 Å². The monoisotopic (exact) mass is 535 g/mol. The molecule has 0 aliphatic carbocycles. The summed E-state index contributed by atoms with van der Waals surface area (Å²) in [6, 6.07) is 9.69. The quantitative estimate of drug-likeness (QED) is 0.114. The van der Waals surface area contributed by atoms with Gasteiger partial charge in [-0.25, -0.2) is 4.18 Å². The Morgan fingerprint density at radius 1 is 0.784 bits per heavy atom. The maximum Gasteiger partial charge on any atom is 0.397 e. The van der Waals surface area contributed by atoms with Gasteiger partial charge in [0.1, 0.15) is 6.10 Å². The lowest BCUT2D eigenvalue weighted by Gasteiger charge is -2.16. The van der Waals surface area contributed by atoms with Crippen LogP contribution in [0.15, 0.2) is 36.5 Å². The van der Waals surface area contributed by atoms with Gasteiger partial charge in [-0.1, -0.05) is 128 Å². The van der Waals surface area contributed by atoms with Gasteiger partial charge >= 0.3 is 10.4 Å². The summed E-state index contributed by atoms with van der Waals surface area (Å²) in [4.78, 5) is 4.39. The second-order valence-electron chi connectivity index (χ2n) is 10.2. The Kier molecular flexibility index (Phi) is 16.7. The maximum atomic E-state index is 11.3. The van der Waals surface area contributed by atoms with Crippen molar-refractivity contribution in [2.75, 3.05) is 13.2 Å². The minimum atomic E-state index is -4.58. The number of fused-ring (bicyclic) bond motifs is 1. The summed E-state index contributed by atoms with van der Waals surface area (Å²) in [5.41, 5.74) is 0.720. The highest BCUT2D eigenvalue weighted by Gasteiger charge is 2.20. The number of rotatable bonds is 23. The number of benzene rings is 1. The number of pyridine rings is 1. The van der Waals surface area contributed by atoms with Crippen molar-refractivity contribution < 1.29 is 21.9 Å². The van der Waals surface area contributed by atoms with E-state index >= 15 is 0 Å². The molecule has 2 rings (SSSR count). The molecule has 1 heterocycles. The second kappa shape index (κ2) is 19.5. The van der Waals surface area contributed by atoms with Gasteiger partial charge in [0.25, 0.3) is 0 Å². The van der Waals surface area contributed by atoms with Crippen LogP contribution in [0.5, 0.6) is 0 Å². The Hall–Kier alpha value is -1.54. The molecule has 2 aromatic rings. The zero-order chi connectivity index (χ0) is 26.6. The van der Waals surface area contributed by atoms with E-state index in [9.17, 15) is 13.0 Å². The summed E-state index contributed by atoms with van der Waals surface area (Å²) in [5, 5.41) is 1.96. The highest BCUT2D eigenvalue weighted by molar-refractivity contribution is 7.80. The normalized spacial score (nSPS) is 12.8. The van der Waals surface area contributed by atoms with E-state index in [0.717, 1.165) is 29.3 Å². The molecule has 1 aromatic heterocycles. The molecule has 0 aliphatic rings. The molecule has 0 spiro atoms. The van der Waals surface area contributed by atoms with E-state index in [2.05, 4.69) is 11.9 Å². The van der Waals surface area contributed by atoms with Crippen molar-refractivity contribution in [1.29, 1.82) is 0 Å². The van der Waals surface area contributed by atoms with Gasteiger partial charge in [-0.3, -0.25) is 9.54 Å². The lowest BCUT2D eigenvalue weighted by molar-refractivity contribution is 0.0453. The van der Waals surface area contributed by atoms with Crippen LogP contribution in [0.25, 0.3) is 10.8 Å². The molecule has 1 unspecified atom stereocenters. The lowest BCUT2D eigenvalue weighted by Crippen LogP contribution is -2.26. The minimum absolute atomic E-state index is 0.0867. The van der Waals surface area contributed by atoms with Gasteiger partial charge in [0.15, 0.2) is 0 Å². The number of nitrogens with zero attached hydrogens (tertiary/aromatic N) is 1. The summed E-state index contributed by atoms with van der Waals surface area (Å²) >= 11 is 0. The van der Waals surface area contributed by atoms with E-state index in [1.165, 1.54) is 89.9 Å². The Bertz CT molecular complexity index is 945. The molecule has 210 valence electrons. The van der Waals surface area contributed by atoms with E-state index in [-0.39, 0.29) is 13.0 Å². The standard InChI is InChI=1S/C30H49NO5S/c1-2-3-4-5-6-7-8-9-10-11-12-13-14-15-16-19-24-35-26-28(36-37(32,33)34)25-30-29-21-18-17-20-27(29)22-23-31-30/h17-18,20-23,28H,2-16,19,24-26H2,1H3,(H,32,33,34). The van der Waals surface area contributed by atoms with E-state index in [1.54, 1.807) is 6.20 Å².